The number of methoxy groups -OCH3 is 1. The zero-order chi connectivity index (χ0) is 14.6. The molecule has 0 spiro atoms. The van der Waals surface area contributed by atoms with Gasteiger partial charge < -0.3 is 4.74 Å². The lowest BCUT2D eigenvalue weighted by molar-refractivity contribution is 0.361. The SMILES string of the molecule is COc1ccc(S(=O)(=O)NCC2CCCC(Cl)C2)cc1. The minimum absolute atomic E-state index is 0.180. The molecule has 0 amide bonds. The zero-order valence-electron chi connectivity index (χ0n) is 11.5. The van der Waals surface area contributed by atoms with Gasteiger partial charge in [0.1, 0.15) is 5.75 Å². The molecule has 0 aliphatic heterocycles. The maximum Gasteiger partial charge on any atom is 0.240 e. The Morgan fingerprint density at radius 1 is 1.30 bits per heavy atom. The first-order valence-corrected chi connectivity index (χ1v) is 8.71. The summed E-state index contributed by atoms with van der Waals surface area (Å²) in [7, 11) is -1.90. The van der Waals surface area contributed by atoms with E-state index in [1.807, 2.05) is 0 Å². The van der Waals surface area contributed by atoms with Crippen molar-refractivity contribution in [3.05, 3.63) is 24.3 Å². The van der Waals surface area contributed by atoms with Gasteiger partial charge in [-0.15, -0.1) is 11.6 Å². The number of hydrogen-bond donors (Lipinski definition) is 1. The highest BCUT2D eigenvalue weighted by Gasteiger charge is 2.22. The summed E-state index contributed by atoms with van der Waals surface area (Å²) in [6.45, 7) is 0.456. The number of nitrogens with one attached hydrogen (secondary N) is 1. The van der Waals surface area contributed by atoms with Gasteiger partial charge in [0.15, 0.2) is 0 Å². The van der Waals surface area contributed by atoms with E-state index in [4.69, 9.17) is 16.3 Å². The molecule has 4 nitrogen and oxygen atoms in total. The van der Waals surface area contributed by atoms with Crippen LogP contribution in [0.5, 0.6) is 5.75 Å². The van der Waals surface area contributed by atoms with Crippen LogP contribution in [-0.2, 0) is 10.0 Å². The molecule has 0 aromatic heterocycles. The molecule has 0 bridgehead atoms. The minimum atomic E-state index is -3.45. The van der Waals surface area contributed by atoms with Crippen molar-refractivity contribution in [2.45, 2.75) is 36.0 Å². The molecule has 1 saturated carbocycles. The highest BCUT2D eigenvalue weighted by atomic mass is 35.5. The summed E-state index contributed by atoms with van der Waals surface area (Å²) in [6.07, 6.45) is 4.02. The lowest BCUT2D eigenvalue weighted by Crippen LogP contribution is -2.32. The van der Waals surface area contributed by atoms with E-state index in [1.165, 1.54) is 0 Å². The summed E-state index contributed by atoms with van der Waals surface area (Å²) >= 11 is 6.12. The van der Waals surface area contributed by atoms with Crippen LogP contribution in [0.4, 0.5) is 0 Å². The van der Waals surface area contributed by atoms with Gasteiger partial charge in [-0.1, -0.05) is 6.42 Å². The third kappa shape index (κ3) is 4.11. The van der Waals surface area contributed by atoms with Gasteiger partial charge in [0.2, 0.25) is 10.0 Å². The number of rotatable bonds is 5. The van der Waals surface area contributed by atoms with Gasteiger partial charge in [0, 0.05) is 11.9 Å². The van der Waals surface area contributed by atoms with Crippen molar-refractivity contribution in [1.29, 1.82) is 0 Å². The summed E-state index contributed by atoms with van der Waals surface area (Å²) in [6, 6.07) is 6.38. The zero-order valence-corrected chi connectivity index (χ0v) is 13.1. The molecule has 2 unspecified atom stereocenters. The van der Waals surface area contributed by atoms with Gasteiger partial charge in [-0.25, -0.2) is 13.1 Å². The van der Waals surface area contributed by atoms with Crippen molar-refractivity contribution in [2.24, 2.45) is 5.92 Å². The molecule has 1 aromatic rings. The smallest absolute Gasteiger partial charge is 0.240 e. The highest BCUT2D eigenvalue weighted by Crippen LogP contribution is 2.27. The van der Waals surface area contributed by atoms with Gasteiger partial charge in [0.05, 0.1) is 12.0 Å². The first-order valence-electron chi connectivity index (χ1n) is 6.79. The molecule has 1 fully saturated rings. The Labute approximate surface area is 125 Å². The number of sulfonamides is 1. The van der Waals surface area contributed by atoms with E-state index in [-0.39, 0.29) is 10.3 Å². The topological polar surface area (TPSA) is 55.4 Å². The second-order valence-electron chi connectivity index (χ2n) is 5.16. The molecule has 0 saturated heterocycles. The summed E-state index contributed by atoms with van der Waals surface area (Å²) in [5, 5.41) is 0.180. The fourth-order valence-corrected chi connectivity index (χ4v) is 4.00. The van der Waals surface area contributed by atoms with E-state index in [2.05, 4.69) is 4.72 Å². The van der Waals surface area contributed by atoms with Crippen LogP contribution in [0.25, 0.3) is 0 Å². The molecule has 2 atom stereocenters. The number of hydrogen-bond acceptors (Lipinski definition) is 3. The fourth-order valence-electron chi connectivity index (χ4n) is 2.48. The number of ether oxygens (including phenoxy) is 1. The first kappa shape index (κ1) is 15.6. The van der Waals surface area contributed by atoms with Crippen molar-refractivity contribution < 1.29 is 13.2 Å². The van der Waals surface area contributed by atoms with Crippen LogP contribution >= 0.6 is 11.6 Å². The van der Waals surface area contributed by atoms with Gasteiger partial charge in [-0.05, 0) is 49.4 Å². The monoisotopic (exact) mass is 317 g/mol. The standard InChI is InChI=1S/C14H20ClNO3S/c1-19-13-5-7-14(8-6-13)20(17,18)16-10-11-3-2-4-12(15)9-11/h5-8,11-12,16H,2-4,9-10H2,1H3. The molecular formula is C14H20ClNO3S. The van der Waals surface area contributed by atoms with Crippen LogP contribution in [0, 0.1) is 5.92 Å². The van der Waals surface area contributed by atoms with E-state index in [1.54, 1.807) is 31.4 Å². The first-order chi connectivity index (χ1) is 9.51. The summed E-state index contributed by atoms with van der Waals surface area (Å²) < 4.78 is 32.0. The quantitative estimate of drug-likeness (QED) is 0.850. The lowest BCUT2D eigenvalue weighted by Gasteiger charge is -2.25. The van der Waals surface area contributed by atoms with E-state index in [0.717, 1.165) is 25.7 Å². The third-order valence-corrected chi connectivity index (χ3v) is 5.49. The summed E-state index contributed by atoms with van der Waals surface area (Å²) in [5.74, 6) is 0.973. The Bertz CT molecular complexity index is 530. The maximum absolute atomic E-state index is 12.2. The van der Waals surface area contributed by atoms with Gasteiger partial charge in [0.25, 0.3) is 0 Å². The van der Waals surface area contributed by atoms with E-state index in [0.29, 0.717) is 18.2 Å². The summed E-state index contributed by atoms with van der Waals surface area (Å²) in [4.78, 5) is 0.261. The molecule has 0 heterocycles. The molecule has 1 aliphatic carbocycles. The molecular weight excluding hydrogens is 298 g/mol. The fraction of sp³-hybridized carbons (Fsp3) is 0.571. The molecule has 6 heteroatoms. The largest absolute Gasteiger partial charge is 0.497 e. The molecule has 2 rings (SSSR count). The average molecular weight is 318 g/mol. The third-order valence-electron chi connectivity index (χ3n) is 3.65. The second-order valence-corrected chi connectivity index (χ2v) is 7.54. The Hall–Kier alpha value is -0.780. The predicted octanol–water partition coefficient (Wildman–Crippen LogP) is 2.77. The summed E-state index contributed by atoms with van der Waals surface area (Å²) in [5.41, 5.74) is 0. The molecule has 112 valence electrons. The predicted molar refractivity (Wildman–Crippen MR) is 79.8 cm³/mol. The molecule has 1 aliphatic rings. The van der Waals surface area contributed by atoms with E-state index < -0.39 is 10.0 Å². The van der Waals surface area contributed by atoms with Gasteiger partial charge in [-0.2, -0.15) is 0 Å². The molecule has 1 aromatic carbocycles. The number of halogens is 1. The molecule has 20 heavy (non-hydrogen) atoms. The van der Waals surface area contributed by atoms with Crippen molar-refractivity contribution in [2.75, 3.05) is 13.7 Å². The second kappa shape index (κ2) is 6.78. The molecule has 0 radical (unpaired) electrons. The van der Waals surface area contributed by atoms with Gasteiger partial charge >= 0.3 is 0 Å². The Balaban J connectivity index is 1.96. The highest BCUT2D eigenvalue weighted by molar-refractivity contribution is 7.89. The molecule has 1 N–H and O–H groups in total. The van der Waals surface area contributed by atoms with Crippen LogP contribution in [-0.4, -0.2) is 27.4 Å². The van der Waals surface area contributed by atoms with E-state index >= 15 is 0 Å². The van der Waals surface area contributed by atoms with Crippen molar-refractivity contribution in [3.8, 4) is 5.75 Å². The van der Waals surface area contributed by atoms with E-state index in [9.17, 15) is 8.42 Å². The number of benzene rings is 1. The van der Waals surface area contributed by atoms with Crippen molar-refractivity contribution in [3.63, 3.8) is 0 Å². The Morgan fingerprint density at radius 3 is 2.60 bits per heavy atom. The van der Waals surface area contributed by atoms with Crippen LogP contribution in [0.15, 0.2) is 29.2 Å². The Morgan fingerprint density at radius 2 is 2.00 bits per heavy atom. The average Bonchev–Trinajstić information content (AvgIpc) is 2.45. The van der Waals surface area contributed by atoms with Crippen LogP contribution < -0.4 is 9.46 Å². The van der Waals surface area contributed by atoms with Crippen LogP contribution in [0.3, 0.4) is 0 Å². The van der Waals surface area contributed by atoms with Crippen LogP contribution in [0.2, 0.25) is 0 Å². The van der Waals surface area contributed by atoms with Crippen molar-refractivity contribution in [1.82, 2.24) is 4.72 Å². The number of alkyl halides is 1. The van der Waals surface area contributed by atoms with Gasteiger partial charge in [-0.3, -0.25) is 0 Å². The van der Waals surface area contributed by atoms with Crippen LogP contribution in [0.1, 0.15) is 25.7 Å². The van der Waals surface area contributed by atoms with Crippen molar-refractivity contribution >= 4 is 21.6 Å². The lowest BCUT2D eigenvalue weighted by atomic mass is 9.89. The minimum Gasteiger partial charge on any atom is -0.497 e. The Kier molecular flexibility index (Phi) is 5.29. The maximum atomic E-state index is 12.2. The normalized spacial score (nSPS) is 23.5.